The van der Waals surface area contributed by atoms with E-state index in [1.807, 2.05) is 6.07 Å². The Kier molecular flexibility index (Phi) is 7.87. The highest BCUT2D eigenvalue weighted by molar-refractivity contribution is 7.92. The molecule has 0 saturated carbocycles. The molecule has 4 rings (SSSR count). The molecule has 1 atom stereocenters. The second-order valence-corrected chi connectivity index (χ2v) is 10.2. The van der Waals surface area contributed by atoms with E-state index in [-0.39, 0.29) is 49.3 Å². The summed E-state index contributed by atoms with van der Waals surface area (Å²) in [6.07, 6.45) is 1.23. The minimum atomic E-state index is -4.45. The third-order valence-corrected chi connectivity index (χ3v) is 7.60. The molecule has 2 aromatic carbocycles. The molecule has 0 spiro atoms. The van der Waals surface area contributed by atoms with E-state index in [2.05, 4.69) is 5.32 Å². The van der Waals surface area contributed by atoms with E-state index in [0.29, 0.717) is 5.75 Å². The summed E-state index contributed by atoms with van der Waals surface area (Å²) in [5.74, 6) is -2.35. The maximum Gasteiger partial charge on any atom is 0.288 e. The van der Waals surface area contributed by atoms with Crippen molar-refractivity contribution >= 4 is 27.6 Å². The Bertz CT molecular complexity index is 1340. The number of halogens is 1. The quantitative estimate of drug-likeness (QED) is 0.440. The van der Waals surface area contributed by atoms with Gasteiger partial charge in [-0.05, 0) is 48.5 Å². The zero-order chi connectivity index (χ0) is 26.4. The number of hydrogen-bond donors (Lipinski definition) is 1. The lowest BCUT2D eigenvalue weighted by molar-refractivity contribution is -0.140. The van der Waals surface area contributed by atoms with E-state index in [9.17, 15) is 27.2 Å². The molecule has 0 aliphatic carbocycles. The number of para-hydroxylation sites is 1. The van der Waals surface area contributed by atoms with Gasteiger partial charge >= 0.3 is 0 Å². The van der Waals surface area contributed by atoms with Gasteiger partial charge in [0.2, 0.25) is 15.2 Å². The number of ether oxygens (including phenoxy) is 1. The molecule has 0 bridgehead atoms. The Morgan fingerprint density at radius 2 is 1.57 bits per heavy atom. The van der Waals surface area contributed by atoms with Gasteiger partial charge < -0.3 is 24.3 Å². The van der Waals surface area contributed by atoms with E-state index in [1.165, 1.54) is 28.2 Å². The SMILES string of the molecule is O=C(N[C@@H](C(=O)N1CCN(C(=O)COc2ccccc2)CC1)S(=O)(=O)c1ccc(F)cc1)c1ccco1. The molecule has 12 heteroatoms. The number of sulfone groups is 1. The maximum atomic E-state index is 13.4. The first kappa shape index (κ1) is 25.9. The number of nitrogens with one attached hydrogen (secondary N) is 1. The van der Waals surface area contributed by atoms with Crippen molar-refractivity contribution in [3.8, 4) is 5.75 Å². The molecule has 1 aliphatic heterocycles. The molecule has 0 radical (unpaired) electrons. The summed E-state index contributed by atoms with van der Waals surface area (Å²) < 4.78 is 50.5. The molecule has 0 unspecified atom stereocenters. The Morgan fingerprint density at radius 3 is 2.19 bits per heavy atom. The lowest BCUT2D eigenvalue weighted by atomic mass is 10.3. The van der Waals surface area contributed by atoms with Crippen molar-refractivity contribution in [1.82, 2.24) is 15.1 Å². The van der Waals surface area contributed by atoms with E-state index in [4.69, 9.17) is 9.15 Å². The second-order valence-electron chi connectivity index (χ2n) is 8.14. The van der Waals surface area contributed by atoms with Crippen molar-refractivity contribution in [2.24, 2.45) is 0 Å². The first-order chi connectivity index (χ1) is 17.8. The molecule has 1 saturated heterocycles. The molecule has 2 heterocycles. The summed E-state index contributed by atoms with van der Waals surface area (Å²) in [7, 11) is -4.45. The van der Waals surface area contributed by atoms with Crippen molar-refractivity contribution < 1.29 is 36.3 Å². The van der Waals surface area contributed by atoms with Crippen molar-refractivity contribution in [2.75, 3.05) is 32.8 Å². The number of nitrogens with zero attached hydrogens (tertiary/aromatic N) is 2. The third-order valence-electron chi connectivity index (χ3n) is 5.73. The lowest BCUT2D eigenvalue weighted by Gasteiger charge is -2.36. The summed E-state index contributed by atoms with van der Waals surface area (Å²) in [6, 6.07) is 15.5. The minimum absolute atomic E-state index is 0.0436. The molecule has 1 aliphatic rings. The second kappa shape index (κ2) is 11.2. The number of piperazine rings is 1. The van der Waals surface area contributed by atoms with Crippen LogP contribution in [-0.4, -0.2) is 74.1 Å². The first-order valence-corrected chi connectivity index (χ1v) is 12.9. The molecule has 1 N–H and O–H groups in total. The van der Waals surface area contributed by atoms with Crippen LogP contribution in [0.25, 0.3) is 0 Å². The topological polar surface area (TPSA) is 126 Å². The van der Waals surface area contributed by atoms with Crippen molar-refractivity contribution in [3.63, 3.8) is 0 Å². The molecular weight excluding hydrogens is 505 g/mol. The van der Waals surface area contributed by atoms with Crippen LogP contribution in [0.15, 0.2) is 82.3 Å². The van der Waals surface area contributed by atoms with Crippen LogP contribution in [0.4, 0.5) is 4.39 Å². The zero-order valence-electron chi connectivity index (χ0n) is 19.6. The van der Waals surface area contributed by atoms with Gasteiger partial charge in [-0.1, -0.05) is 18.2 Å². The third kappa shape index (κ3) is 6.15. The molecule has 194 valence electrons. The number of hydrogen-bond acceptors (Lipinski definition) is 7. The van der Waals surface area contributed by atoms with Gasteiger partial charge in [0.1, 0.15) is 11.6 Å². The predicted octanol–water partition coefficient (Wildman–Crippen LogP) is 1.70. The van der Waals surface area contributed by atoms with Gasteiger partial charge in [0.15, 0.2) is 12.4 Å². The van der Waals surface area contributed by atoms with Gasteiger partial charge in [-0.15, -0.1) is 0 Å². The highest BCUT2D eigenvalue weighted by atomic mass is 32.2. The zero-order valence-corrected chi connectivity index (χ0v) is 20.4. The van der Waals surface area contributed by atoms with Crippen LogP contribution >= 0.6 is 0 Å². The van der Waals surface area contributed by atoms with Gasteiger partial charge in [0.25, 0.3) is 17.7 Å². The predicted molar refractivity (Wildman–Crippen MR) is 129 cm³/mol. The molecule has 10 nitrogen and oxygen atoms in total. The molecule has 1 aromatic heterocycles. The first-order valence-electron chi connectivity index (χ1n) is 11.3. The standard InChI is InChI=1S/C25H24FN3O7S/c26-18-8-10-20(11-9-18)37(33,34)24(27-23(31)21-7-4-16-35-21)25(32)29-14-12-28(13-15-29)22(30)17-36-19-5-2-1-3-6-19/h1-11,16,24H,12-15,17H2,(H,27,31)/t24-/m1/s1. The van der Waals surface area contributed by atoms with Crippen LogP contribution in [0.1, 0.15) is 10.6 Å². The van der Waals surface area contributed by atoms with Crippen molar-refractivity contribution in [3.05, 3.63) is 84.6 Å². The van der Waals surface area contributed by atoms with Gasteiger partial charge in [-0.2, -0.15) is 0 Å². The minimum Gasteiger partial charge on any atom is -0.484 e. The monoisotopic (exact) mass is 529 g/mol. The van der Waals surface area contributed by atoms with Crippen LogP contribution in [0, 0.1) is 5.82 Å². The van der Waals surface area contributed by atoms with Gasteiger partial charge in [0, 0.05) is 26.2 Å². The van der Waals surface area contributed by atoms with Crippen molar-refractivity contribution in [1.29, 1.82) is 0 Å². The lowest BCUT2D eigenvalue weighted by Crippen LogP contribution is -2.58. The van der Waals surface area contributed by atoms with E-state index < -0.39 is 32.8 Å². The van der Waals surface area contributed by atoms with E-state index >= 15 is 0 Å². The Balaban J connectivity index is 1.45. The molecular formula is C25H24FN3O7S. The molecule has 3 aromatic rings. The average Bonchev–Trinajstić information content (AvgIpc) is 3.46. The Hall–Kier alpha value is -4.19. The highest BCUT2D eigenvalue weighted by Crippen LogP contribution is 2.19. The number of carbonyl (C=O) groups is 3. The van der Waals surface area contributed by atoms with Gasteiger partial charge in [-0.3, -0.25) is 14.4 Å². The van der Waals surface area contributed by atoms with Crippen LogP contribution < -0.4 is 10.1 Å². The average molecular weight is 530 g/mol. The fraction of sp³-hybridized carbons (Fsp3) is 0.240. The van der Waals surface area contributed by atoms with Crippen LogP contribution in [0.5, 0.6) is 5.75 Å². The number of benzene rings is 2. The normalized spacial score (nSPS) is 14.6. The maximum absolute atomic E-state index is 13.4. The fourth-order valence-corrected chi connectivity index (χ4v) is 5.19. The highest BCUT2D eigenvalue weighted by Gasteiger charge is 2.40. The largest absolute Gasteiger partial charge is 0.484 e. The van der Waals surface area contributed by atoms with Gasteiger partial charge in [0.05, 0.1) is 11.2 Å². The summed E-state index contributed by atoms with van der Waals surface area (Å²) in [5, 5.41) is 0.249. The number of rotatable bonds is 8. The number of amides is 3. The van der Waals surface area contributed by atoms with Crippen LogP contribution in [0.3, 0.4) is 0 Å². The Labute approximate surface area is 212 Å². The fourth-order valence-electron chi connectivity index (χ4n) is 3.73. The van der Waals surface area contributed by atoms with E-state index in [1.54, 1.807) is 24.3 Å². The number of furan rings is 1. The summed E-state index contributed by atoms with van der Waals surface area (Å²) in [6.45, 7) is 0.207. The van der Waals surface area contributed by atoms with E-state index in [0.717, 1.165) is 24.3 Å². The summed E-state index contributed by atoms with van der Waals surface area (Å²) in [5.41, 5.74) is 0. The number of carbonyl (C=O) groups excluding carboxylic acids is 3. The van der Waals surface area contributed by atoms with Crippen LogP contribution in [-0.2, 0) is 19.4 Å². The molecule has 1 fully saturated rings. The van der Waals surface area contributed by atoms with Crippen molar-refractivity contribution in [2.45, 2.75) is 10.3 Å². The summed E-state index contributed by atoms with van der Waals surface area (Å²) in [4.78, 5) is 40.9. The molecule has 37 heavy (non-hydrogen) atoms. The smallest absolute Gasteiger partial charge is 0.288 e. The van der Waals surface area contributed by atoms with Gasteiger partial charge in [-0.25, -0.2) is 12.8 Å². The molecule has 3 amide bonds. The van der Waals surface area contributed by atoms with Crippen LogP contribution in [0.2, 0.25) is 0 Å². The Morgan fingerprint density at radius 1 is 0.919 bits per heavy atom. The summed E-state index contributed by atoms with van der Waals surface area (Å²) >= 11 is 0.